The molecule has 0 bridgehead atoms. The summed E-state index contributed by atoms with van der Waals surface area (Å²) in [5.74, 6) is 2.07. The van der Waals surface area contributed by atoms with Crippen LogP contribution in [0.25, 0.3) is 0 Å². The number of aryl methyl sites for hydroxylation is 2. The molecule has 0 saturated carbocycles. The summed E-state index contributed by atoms with van der Waals surface area (Å²) < 4.78 is 19.3. The minimum absolute atomic E-state index is 0.221. The van der Waals surface area contributed by atoms with Gasteiger partial charge >= 0.3 is 0 Å². The highest BCUT2D eigenvalue weighted by molar-refractivity contribution is 6.42. The average Bonchev–Trinajstić information content (AvgIpc) is 3.29. The summed E-state index contributed by atoms with van der Waals surface area (Å²) in [7, 11) is 1.66. The van der Waals surface area contributed by atoms with E-state index in [9.17, 15) is 5.11 Å². The van der Waals surface area contributed by atoms with E-state index in [0.717, 1.165) is 55.2 Å². The number of nitrogens with zero attached hydrogens (tertiary/aromatic N) is 3. The van der Waals surface area contributed by atoms with Crippen LogP contribution in [0.2, 0.25) is 10.0 Å². The van der Waals surface area contributed by atoms with Crippen molar-refractivity contribution in [3.05, 3.63) is 70.0 Å². The van der Waals surface area contributed by atoms with Gasteiger partial charge in [-0.15, -0.1) is 0 Å². The Bertz CT molecular complexity index is 1150. The van der Waals surface area contributed by atoms with Crippen LogP contribution in [0.1, 0.15) is 30.4 Å². The predicted molar refractivity (Wildman–Crippen MR) is 141 cm³/mol. The Hall–Kier alpha value is -2.45. The fraction of sp³-hybridized carbons (Fsp3) is 0.444. The number of rotatable bonds is 11. The molecule has 3 aromatic rings. The Labute approximate surface area is 222 Å². The average molecular weight is 534 g/mol. The van der Waals surface area contributed by atoms with Crippen LogP contribution in [-0.2, 0) is 13.1 Å². The molecule has 1 aliphatic rings. The molecule has 2 aromatic carbocycles. The number of ether oxygens (including phenoxy) is 3. The highest BCUT2D eigenvalue weighted by atomic mass is 35.5. The number of halogens is 2. The van der Waals surface area contributed by atoms with E-state index in [2.05, 4.69) is 16.1 Å². The van der Waals surface area contributed by atoms with Crippen LogP contribution < -0.4 is 14.2 Å². The van der Waals surface area contributed by atoms with Gasteiger partial charge in [0.2, 0.25) is 0 Å². The molecule has 0 spiro atoms. The zero-order valence-corrected chi connectivity index (χ0v) is 22.3. The molecule has 36 heavy (non-hydrogen) atoms. The molecule has 1 fully saturated rings. The van der Waals surface area contributed by atoms with Crippen LogP contribution >= 0.6 is 23.2 Å². The van der Waals surface area contributed by atoms with Crippen molar-refractivity contribution in [2.24, 2.45) is 0 Å². The maximum absolute atomic E-state index is 11.0. The van der Waals surface area contributed by atoms with Crippen LogP contribution in [-0.4, -0.2) is 58.8 Å². The van der Waals surface area contributed by atoms with Gasteiger partial charge in [-0.1, -0.05) is 29.3 Å². The first kappa shape index (κ1) is 26.6. The van der Waals surface area contributed by atoms with Crippen molar-refractivity contribution >= 4 is 23.2 Å². The van der Waals surface area contributed by atoms with Crippen molar-refractivity contribution in [1.82, 2.24) is 14.7 Å². The molecule has 9 heteroatoms. The molecule has 4 rings (SSSR count). The van der Waals surface area contributed by atoms with E-state index in [-0.39, 0.29) is 6.61 Å². The van der Waals surface area contributed by atoms with Gasteiger partial charge in [0.25, 0.3) is 0 Å². The lowest BCUT2D eigenvalue weighted by atomic mass is 9.92. The van der Waals surface area contributed by atoms with Gasteiger partial charge < -0.3 is 19.3 Å². The van der Waals surface area contributed by atoms with Crippen LogP contribution in [0.5, 0.6) is 17.2 Å². The summed E-state index contributed by atoms with van der Waals surface area (Å²) in [6.45, 7) is 5.98. The second-order valence-electron chi connectivity index (χ2n) is 9.33. The number of piperidine rings is 1. The zero-order chi connectivity index (χ0) is 25.5. The molecule has 1 aromatic heterocycles. The molecule has 1 N–H and O–H groups in total. The summed E-state index contributed by atoms with van der Waals surface area (Å²) >= 11 is 12.0. The summed E-state index contributed by atoms with van der Waals surface area (Å²) in [6, 6.07) is 11.2. The highest BCUT2D eigenvalue weighted by Crippen LogP contribution is 2.31. The fourth-order valence-corrected chi connectivity index (χ4v) is 4.53. The molecule has 1 saturated heterocycles. The van der Waals surface area contributed by atoms with Crippen molar-refractivity contribution in [2.45, 2.75) is 44.9 Å². The number of likely N-dealkylation sites (tertiary alicyclic amines) is 1. The molecule has 0 atom stereocenters. The molecular weight excluding hydrogens is 501 g/mol. The van der Waals surface area contributed by atoms with Gasteiger partial charge in [0.1, 0.15) is 18.0 Å². The minimum atomic E-state index is -0.868. The van der Waals surface area contributed by atoms with Crippen LogP contribution in [0.15, 0.2) is 48.8 Å². The summed E-state index contributed by atoms with van der Waals surface area (Å²) in [6.07, 6.45) is 6.00. The van der Waals surface area contributed by atoms with Gasteiger partial charge in [0, 0.05) is 44.9 Å². The number of aromatic nitrogens is 2. The predicted octanol–water partition coefficient (Wildman–Crippen LogP) is 5.38. The topological polar surface area (TPSA) is 69.0 Å². The van der Waals surface area contributed by atoms with Crippen LogP contribution in [0, 0.1) is 6.92 Å². The van der Waals surface area contributed by atoms with E-state index in [4.69, 9.17) is 37.4 Å². The summed E-state index contributed by atoms with van der Waals surface area (Å²) in [4.78, 5) is 2.33. The summed E-state index contributed by atoms with van der Waals surface area (Å²) in [5.41, 5.74) is 1.43. The standard InChI is InChI=1S/C27H33Cl2N3O4/c1-20-16-30-32(17-20)10-3-13-35-25-7-4-21(14-26(25)34-2)18-31-11-8-27(33,9-12-31)19-36-22-5-6-23(28)24(29)15-22/h4-7,14-17,33H,3,8-13,18-19H2,1-2H3. The number of benzene rings is 2. The van der Waals surface area contributed by atoms with E-state index >= 15 is 0 Å². The van der Waals surface area contributed by atoms with E-state index < -0.39 is 5.60 Å². The molecule has 7 nitrogen and oxygen atoms in total. The first-order valence-corrected chi connectivity index (χ1v) is 12.9. The van der Waals surface area contributed by atoms with Crippen LogP contribution in [0.3, 0.4) is 0 Å². The Morgan fingerprint density at radius 3 is 2.53 bits per heavy atom. The molecule has 0 unspecified atom stereocenters. The quantitative estimate of drug-likeness (QED) is 0.333. The summed E-state index contributed by atoms with van der Waals surface area (Å²) in [5, 5.41) is 16.2. The number of methoxy groups -OCH3 is 1. The second kappa shape index (κ2) is 12.2. The third kappa shape index (κ3) is 7.29. The molecule has 0 amide bonds. The van der Waals surface area contributed by atoms with Crippen molar-refractivity contribution in [3.63, 3.8) is 0 Å². The largest absolute Gasteiger partial charge is 0.493 e. The third-order valence-corrected chi connectivity index (χ3v) is 7.11. The smallest absolute Gasteiger partial charge is 0.161 e. The SMILES string of the molecule is COc1cc(CN2CCC(O)(COc3ccc(Cl)c(Cl)c3)CC2)ccc1OCCCn1cc(C)cn1. The molecule has 0 radical (unpaired) electrons. The molecule has 194 valence electrons. The van der Waals surface area contributed by atoms with Crippen molar-refractivity contribution in [1.29, 1.82) is 0 Å². The van der Waals surface area contributed by atoms with Gasteiger partial charge in [-0.05, 0) is 55.2 Å². The Kier molecular flexibility index (Phi) is 9.01. The Morgan fingerprint density at radius 1 is 1.03 bits per heavy atom. The second-order valence-corrected chi connectivity index (χ2v) is 10.1. The minimum Gasteiger partial charge on any atom is -0.493 e. The van der Waals surface area contributed by atoms with E-state index in [1.807, 2.05) is 36.1 Å². The van der Waals surface area contributed by atoms with E-state index in [1.165, 1.54) is 0 Å². The highest BCUT2D eigenvalue weighted by Gasteiger charge is 2.33. The number of aliphatic hydroxyl groups is 1. The lowest BCUT2D eigenvalue weighted by molar-refractivity contribution is -0.0537. The maximum atomic E-state index is 11.0. The first-order chi connectivity index (χ1) is 17.3. The monoisotopic (exact) mass is 533 g/mol. The van der Waals surface area contributed by atoms with Gasteiger partial charge in [0.05, 0.1) is 30.0 Å². The lowest BCUT2D eigenvalue weighted by Gasteiger charge is -2.38. The zero-order valence-electron chi connectivity index (χ0n) is 20.8. The van der Waals surface area contributed by atoms with E-state index in [0.29, 0.717) is 35.2 Å². The number of hydrogen-bond donors (Lipinski definition) is 1. The Balaban J connectivity index is 1.23. The van der Waals surface area contributed by atoms with Gasteiger partial charge in [-0.2, -0.15) is 5.10 Å². The Morgan fingerprint density at radius 2 is 1.83 bits per heavy atom. The van der Waals surface area contributed by atoms with Crippen molar-refractivity contribution < 1.29 is 19.3 Å². The molecular formula is C27H33Cl2N3O4. The fourth-order valence-electron chi connectivity index (χ4n) is 4.24. The third-order valence-electron chi connectivity index (χ3n) is 6.37. The molecule has 0 aliphatic carbocycles. The maximum Gasteiger partial charge on any atom is 0.161 e. The van der Waals surface area contributed by atoms with Crippen molar-refractivity contribution in [2.75, 3.05) is 33.4 Å². The van der Waals surface area contributed by atoms with E-state index in [1.54, 1.807) is 25.3 Å². The van der Waals surface area contributed by atoms with Gasteiger partial charge in [-0.3, -0.25) is 9.58 Å². The van der Waals surface area contributed by atoms with Crippen LogP contribution in [0.4, 0.5) is 0 Å². The molecule has 1 aliphatic heterocycles. The lowest BCUT2D eigenvalue weighted by Crippen LogP contribution is -2.47. The molecule has 2 heterocycles. The first-order valence-electron chi connectivity index (χ1n) is 12.1. The normalized spacial score (nSPS) is 15.6. The number of hydrogen-bond acceptors (Lipinski definition) is 6. The van der Waals surface area contributed by atoms with Gasteiger partial charge in [-0.25, -0.2) is 0 Å². The van der Waals surface area contributed by atoms with Gasteiger partial charge in [0.15, 0.2) is 11.5 Å². The van der Waals surface area contributed by atoms with Crippen molar-refractivity contribution in [3.8, 4) is 17.2 Å².